The Kier molecular flexibility index (Phi) is 4.44. The van der Waals surface area contributed by atoms with Gasteiger partial charge in [0.15, 0.2) is 0 Å². The first-order valence-corrected chi connectivity index (χ1v) is 9.17. The number of anilines is 1. The Bertz CT molecular complexity index is 914. The molecule has 0 unspecified atom stereocenters. The Morgan fingerprint density at radius 1 is 0.917 bits per heavy atom. The van der Waals surface area contributed by atoms with Crippen molar-refractivity contribution >= 4 is 15.8 Å². The molecule has 24 heavy (non-hydrogen) atoms. The molecule has 0 N–H and O–H groups in total. The molecule has 124 valence electrons. The van der Waals surface area contributed by atoms with Crippen LogP contribution in [0, 0.1) is 6.92 Å². The molecule has 0 amide bonds. The van der Waals surface area contributed by atoms with Crippen molar-refractivity contribution < 1.29 is 8.42 Å². The minimum atomic E-state index is -3.65. The summed E-state index contributed by atoms with van der Waals surface area (Å²) in [5.74, 6) is 0.638. The number of hydrogen-bond acceptors (Lipinski definition) is 2. The summed E-state index contributed by atoms with van der Waals surface area (Å²) in [5, 5.41) is 0. The second-order valence-electron chi connectivity index (χ2n) is 5.79. The molecule has 5 heteroatoms. The molecule has 0 fully saturated rings. The third-order valence-corrected chi connectivity index (χ3v) is 5.71. The molecule has 0 aliphatic rings. The van der Waals surface area contributed by atoms with Gasteiger partial charge in [-0.2, -0.15) is 0 Å². The zero-order valence-corrected chi connectivity index (χ0v) is 14.6. The summed E-state index contributed by atoms with van der Waals surface area (Å²) in [7, 11) is -1.80. The minimum Gasteiger partial charge on any atom is -0.337 e. The molecule has 1 aromatic heterocycles. The van der Waals surface area contributed by atoms with Crippen molar-refractivity contribution in [1.29, 1.82) is 0 Å². The molecule has 0 atom stereocenters. The van der Waals surface area contributed by atoms with Gasteiger partial charge in [-0.3, -0.25) is 0 Å². The number of benzene rings is 2. The molecule has 0 spiro atoms. The average Bonchev–Trinajstić information content (AvgIpc) is 2.99. The lowest BCUT2D eigenvalue weighted by molar-refractivity contribution is 0.588. The fourth-order valence-corrected chi connectivity index (χ4v) is 4.08. The van der Waals surface area contributed by atoms with E-state index in [4.69, 9.17) is 0 Å². The van der Waals surface area contributed by atoms with E-state index in [1.807, 2.05) is 79.3 Å². The van der Waals surface area contributed by atoms with Crippen LogP contribution in [0.4, 0.5) is 5.82 Å². The standard InChI is InChI=1S/C19H20N2O2S/c1-16-10-12-18(13-11-16)24(22,23)21(19-9-6-14-20(19)2)15-17-7-4-3-5-8-17/h3-14H,15H2,1-2H3. The molecule has 0 saturated heterocycles. The normalized spacial score (nSPS) is 11.4. The van der Waals surface area contributed by atoms with Crippen LogP contribution in [0.1, 0.15) is 11.1 Å². The highest BCUT2D eigenvalue weighted by Crippen LogP contribution is 2.26. The molecule has 0 aliphatic heterocycles. The third kappa shape index (κ3) is 3.21. The Morgan fingerprint density at radius 3 is 2.17 bits per heavy atom. The van der Waals surface area contributed by atoms with Crippen LogP contribution >= 0.6 is 0 Å². The van der Waals surface area contributed by atoms with E-state index in [1.54, 1.807) is 12.1 Å². The summed E-state index contributed by atoms with van der Waals surface area (Å²) in [4.78, 5) is 0.297. The van der Waals surface area contributed by atoms with Gasteiger partial charge < -0.3 is 4.57 Å². The summed E-state index contributed by atoms with van der Waals surface area (Å²) in [6, 6.07) is 20.2. The van der Waals surface area contributed by atoms with E-state index in [1.165, 1.54) is 4.31 Å². The first-order chi connectivity index (χ1) is 11.5. The van der Waals surface area contributed by atoms with Crippen LogP contribution in [0.3, 0.4) is 0 Å². The van der Waals surface area contributed by atoms with E-state index < -0.39 is 10.0 Å². The van der Waals surface area contributed by atoms with Gasteiger partial charge in [0, 0.05) is 13.2 Å². The molecule has 0 bridgehead atoms. The number of sulfonamides is 1. The van der Waals surface area contributed by atoms with E-state index in [0.717, 1.165) is 11.1 Å². The van der Waals surface area contributed by atoms with Gasteiger partial charge in [0.25, 0.3) is 10.0 Å². The highest BCUT2D eigenvalue weighted by molar-refractivity contribution is 7.92. The van der Waals surface area contributed by atoms with Gasteiger partial charge in [-0.1, -0.05) is 48.0 Å². The number of aryl methyl sites for hydroxylation is 2. The molecule has 0 radical (unpaired) electrons. The zero-order valence-electron chi connectivity index (χ0n) is 13.8. The van der Waals surface area contributed by atoms with Crippen molar-refractivity contribution in [2.45, 2.75) is 18.4 Å². The summed E-state index contributed by atoms with van der Waals surface area (Å²) in [6.45, 7) is 2.23. The summed E-state index contributed by atoms with van der Waals surface area (Å²) in [5.41, 5.74) is 1.97. The van der Waals surface area contributed by atoms with Gasteiger partial charge in [0.05, 0.1) is 11.4 Å². The fraction of sp³-hybridized carbons (Fsp3) is 0.158. The van der Waals surface area contributed by atoms with E-state index in [9.17, 15) is 8.42 Å². The summed E-state index contributed by atoms with van der Waals surface area (Å²) in [6.07, 6.45) is 1.85. The largest absolute Gasteiger partial charge is 0.337 e. The van der Waals surface area contributed by atoms with Crippen LogP contribution in [0.2, 0.25) is 0 Å². The van der Waals surface area contributed by atoms with E-state index in [2.05, 4.69) is 0 Å². The summed E-state index contributed by atoms with van der Waals surface area (Å²) < 4.78 is 29.7. The molecule has 1 heterocycles. The van der Waals surface area contributed by atoms with Crippen molar-refractivity contribution in [2.75, 3.05) is 4.31 Å². The van der Waals surface area contributed by atoms with Gasteiger partial charge in [-0.15, -0.1) is 0 Å². The smallest absolute Gasteiger partial charge is 0.265 e. The van der Waals surface area contributed by atoms with Crippen molar-refractivity contribution in [3.63, 3.8) is 0 Å². The van der Waals surface area contributed by atoms with E-state index in [0.29, 0.717) is 10.7 Å². The quantitative estimate of drug-likeness (QED) is 0.710. The molecule has 2 aromatic carbocycles. The van der Waals surface area contributed by atoms with Gasteiger partial charge in [0.2, 0.25) is 0 Å². The van der Waals surface area contributed by atoms with Crippen LogP contribution in [0.15, 0.2) is 77.8 Å². The van der Waals surface area contributed by atoms with Crippen LogP contribution < -0.4 is 4.31 Å². The molecular formula is C19H20N2O2S. The number of aromatic nitrogens is 1. The van der Waals surface area contributed by atoms with Gasteiger partial charge >= 0.3 is 0 Å². The lowest BCUT2D eigenvalue weighted by Crippen LogP contribution is -2.32. The molecule has 0 aliphatic carbocycles. The lowest BCUT2D eigenvalue weighted by atomic mass is 10.2. The maximum Gasteiger partial charge on any atom is 0.265 e. The predicted molar refractivity (Wildman–Crippen MR) is 96.4 cm³/mol. The van der Waals surface area contributed by atoms with E-state index >= 15 is 0 Å². The van der Waals surface area contributed by atoms with Crippen molar-refractivity contribution in [3.05, 3.63) is 84.1 Å². The van der Waals surface area contributed by atoms with Crippen LogP contribution in [0.5, 0.6) is 0 Å². The predicted octanol–water partition coefficient (Wildman–Crippen LogP) is 3.73. The maximum absolute atomic E-state index is 13.2. The molecular weight excluding hydrogens is 320 g/mol. The number of rotatable bonds is 5. The third-order valence-electron chi connectivity index (χ3n) is 3.95. The Labute approximate surface area is 143 Å². The van der Waals surface area contributed by atoms with E-state index in [-0.39, 0.29) is 6.54 Å². The van der Waals surface area contributed by atoms with Crippen LogP contribution in [-0.4, -0.2) is 13.0 Å². The first kappa shape index (κ1) is 16.3. The van der Waals surface area contributed by atoms with Gasteiger partial charge in [-0.05, 0) is 36.8 Å². The average molecular weight is 340 g/mol. The van der Waals surface area contributed by atoms with Crippen LogP contribution in [-0.2, 0) is 23.6 Å². The monoisotopic (exact) mass is 340 g/mol. The Balaban J connectivity index is 2.07. The maximum atomic E-state index is 13.2. The van der Waals surface area contributed by atoms with Crippen molar-refractivity contribution in [3.8, 4) is 0 Å². The van der Waals surface area contributed by atoms with Gasteiger partial charge in [0.1, 0.15) is 5.82 Å². The molecule has 4 nitrogen and oxygen atoms in total. The SMILES string of the molecule is Cc1ccc(S(=O)(=O)N(Cc2ccccc2)c2cccn2C)cc1. The Hall–Kier alpha value is -2.53. The van der Waals surface area contributed by atoms with Gasteiger partial charge in [-0.25, -0.2) is 12.7 Å². The zero-order chi connectivity index (χ0) is 17.2. The highest BCUT2D eigenvalue weighted by atomic mass is 32.2. The Morgan fingerprint density at radius 2 is 1.58 bits per heavy atom. The van der Waals surface area contributed by atoms with Crippen LogP contribution in [0.25, 0.3) is 0 Å². The summed E-state index contributed by atoms with van der Waals surface area (Å²) >= 11 is 0. The first-order valence-electron chi connectivity index (χ1n) is 7.73. The molecule has 3 aromatic rings. The minimum absolute atomic E-state index is 0.287. The van der Waals surface area contributed by atoms with Crippen molar-refractivity contribution in [2.24, 2.45) is 7.05 Å². The van der Waals surface area contributed by atoms with Crippen molar-refractivity contribution in [1.82, 2.24) is 4.57 Å². The highest BCUT2D eigenvalue weighted by Gasteiger charge is 2.26. The fourth-order valence-electron chi connectivity index (χ4n) is 2.59. The molecule has 3 rings (SSSR count). The number of nitrogens with zero attached hydrogens (tertiary/aromatic N) is 2. The second kappa shape index (κ2) is 6.53. The number of hydrogen-bond donors (Lipinski definition) is 0. The molecule has 0 saturated carbocycles. The second-order valence-corrected chi connectivity index (χ2v) is 7.65. The topological polar surface area (TPSA) is 42.3 Å². The lowest BCUT2D eigenvalue weighted by Gasteiger charge is -2.25.